The number of carboxylic acid groups (broad SMARTS) is 1. The van der Waals surface area contributed by atoms with Gasteiger partial charge in [-0.3, -0.25) is 30.4 Å². The number of carbonyl (C=O) groups is 1. The van der Waals surface area contributed by atoms with Crippen molar-refractivity contribution < 1.29 is 19.7 Å². The Bertz CT molecular complexity index is 688. The van der Waals surface area contributed by atoms with Gasteiger partial charge in [0.1, 0.15) is 5.69 Å². The van der Waals surface area contributed by atoms with Crippen LogP contribution >= 0.6 is 0 Å². The first-order valence-corrected chi connectivity index (χ1v) is 7.08. The van der Waals surface area contributed by atoms with E-state index in [9.17, 15) is 25.0 Å². The SMILES string of the molecule is C/C(=N/Nc1ccc([N+](=O)[O-])cc1[N+](=O)[O-])[C@H](C)[C@@H](C)CC(=O)O. The van der Waals surface area contributed by atoms with E-state index in [1.54, 1.807) is 20.8 Å². The molecule has 10 heteroatoms. The normalized spacial score (nSPS) is 13.9. The summed E-state index contributed by atoms with van der Waals surface area (Å²) in [5.41, 5.74) is 2.25. The van der Waals surface area contributed by atoms with Gasteiger partial charge in [0.05, 0.1) is 15.9 Å². The number of rotatable bonds is 8. The van der Waals surface area contributed by atoms with E-state index in [1.807, 2.05) is 0 Å². The van der Waals surface area contributed by atoms with Gasteiger partial charge in [-0.1, -0.05) is 13.8 Å². The van der Waals surface area contributed by atoms with Crippen molar-refractivity contribution in [1.29, 1.82) is 0 Å². The van der Waals surface area contributed by atoms with Gasteiger partial charge >= 0.3 is 11.7 Å². The lowest BCUT2D eigenvalue weighted by Gasteiger charge is -2.18. The molecule has 10 nitrogen and oxygen atoms in total. The molecule has 0 aliphatic carbocycles. The van der Waals surface area contributed by atoms with E-state index in [-0.39, 0.29) is 23.9 Å². The fourth-order valence-electron chi connectivity index (χ4n) is 1.99. The summed E-state index contributed by atoms with van der Waals surface area (Å²) in [4.78, 5) is 31.0. The number of benzene rings is 1. The van der Waals surface area contributed by atoms with Crippen molar-refractivity contribution in [3.63, 3.8) is 0 Å². The molecule has 1 aromatic carbocycles. The maximum atomic E-state index is 11.0. The Morgan fingerprint density at radius 2 is 1.92 bits per heavy atom. The summed E-state index contributed by atoms with van der Waals surface area (Å²) in [7, 11) is 0. The Hall–Kier alpha value is -3.04. The average molecular weight is 338 g/mol. The molecule has 0 radical (unpaired) electrons. The van der Waals surface area contributed by atoms with Crippen LogP contribution in [0.25, 0.3) is 0 Å². The van der Waals surface area contributed by atoms with Gasteiger partial charge in [-0.25, -0.2) is 0 Å². The zero-order chi connectivity index (χ0) is 18.4. The molecular weight excluding hydrogens is 320 g/mol. The maximum absolute atomic E-state index is 11.0. The van der Waals surface area contributed by atoms with Crippen LogP contribution in [0.3, 0.4) is 0 Å². The van der Waals surface area contributed by atoms with E-state index in [1.165, 1.54) is 6.07 Å². The number of hydrogen-bond donors (Lipinski definition) is 2. The van der Waals surface area contributed by atoms with Crippen molar-refractivity contribution in [2.45, 2.75) is 27.2 Å². The number of hydrazone groups is 1. The number of aliphatic carboxylic acids is 1. The van der Waals surface area contributed by atoms with Crippen LogP contribution in [0, 0.1) is 32.1 Å². The molecule has 0 spiro atoms. The molecule has 0 unspecified atom stereocenters. The Morgan fingerprint density at radius 3 is 2.42 bits per heavy atom. The third-order valence-corrected chi connectivity index (χ3v) is 3.75. The van der Waals surface area contributed by atoms with Gasteiger partial charge in [-0.2, -0.15) is 5.10 Å². The molecule has 24 heavy (non-hydrogen) atoms. The summed E-state index contributed by atoms with van der Waals surface area (Å²) < 4.78 is 0. The van der Waals surface area contributed by atoms with Crippen molar-refractivity contribution in [3.8, 4) is 0 Å². The predicted molar refractivity (Wildman–Crippen MR) is 87.1 cm³/mol. The van der Waals surface area contributed by atoms with E-state index in [2.05, 4.69) is 10.5 Å². The minimum atomic E-state index is -0.916. The largest absolute Gasteiger partial charge is 0.481 e. The molecule has 130 valence electrons. The van der Waals surface area contributed by atoms with Gasteiger partial charge in [0, 0.05) is 18.2 Å². The van der Waals surface area contributed by atoms with Crippen LogP contribution in [0.15, 0.2) is 23.3 Å². The highest BCUT2D eigenvalue weighted by atomic mass is 16.6. The molecule has 0 aliphatic heterocycles. The molecule has 0 fully saturated rings. The van der Waals surface area contributed by atoms with Gasteiger partial charge in [0.25, 0.3) is 5.69 Å². The van der Waals surface area contributed by atoms with Crippen LogP contribution < -0.4 is 5.43 Å². The first kappa shape index (κ1) is 19.0. The van der Waals surface area contributed by atoms with E-state index < -0.39 is 27.2 Å². The number of nitrogens with zero attached hydrogens (tertiary/aromatic N) is 3. The molecule has 0 saturated heterocycles. The quantitative estimate of drug-likeness (QED) is 0.420. The van der Waals surface area contributed by atoms with Gasteiger partial charge in [0.2, 0.25) is 0 Å². The minimum Gasteiger partial charge on any atom is -0.481 e. The Balaban J connectivity index is 2.98. The molecule has 0 aromatic heterocycles. The van der Waals surface area contributed by atoms with Crippen molar-refractivity contribution in [3.05, 3.63) is 38.4 Å². The van der Waals surface area contributed by atoms with Crippen molar-refractivity contribution in [2.75, 3.05) is 5.43 Å². The molecule has 0 saturated carbocycles. The summed E-state index contributed by atoms with van der Waals surface area (Å²) in [6, 6.07) is 3.19. The first-order valence-electron chi connectivity index (χ1n) is 7.08. The van der Waals surface area contributed by atoms with Gasteiger partial charge in [-0.05, 0) is 24.8 Å². The van der Waals surface area contributed by atoms with Crippen molar-refractivity contribution in [2.24, 2.45) is 16.9 Å². The molecule has 1 rings (SSSR count). The first-order chi connectivity index (χ1) is 11.1. The van der Waals surface area contributed by atoms with E-state index in [0.717, 1.165) is 12.1 Å². The third kappa shape index (κ3) is 5.00. The zero-order valence-electron chi connectivity index (χ0n) is 13.4. The fraction of sp³-hybridized carbons (Fsp3) is 0.429. The molecular formula is C14H18N4O6. The Kier molecular flexibility index (Phi) is 6.33. The number of nitro benzene ring substituents is 2. The molecule has 0 heterocycles. The standard InChI is InChI=1S/C14H18N4O6/c1-8(6-14(19)20)9(2)10(3)15-16-12-5-4-11(17(21)22)7-13(12)18(23)24/h4-5,7-9,16H,6H2,1-3H3,(H,19,20)/b15-10-/t8-,9+/m0/s1. The Morgan fingerprint density at radius 1 is 1.29 bits per heavy atom. The summed E-state index contributed by atoms with van der Waals surface area (Å²) in [6.07, 6.45) is -0.0221. The number of nitro groups is 2. The van der Waals surface area contributed by atoms with Crippen LogP contribution in [0.2, 0.25) is 0 Å². The Labute approximate surface area is 137 Å². The summed E-state index contributed by atoms with van der Waals surface area (Å²) >= 11 is 0. The molecule has 0 aliphatic rings. The lowest BCUT2D eigenvalue weighted by Crippen LogP contribution is -2.20. The minimum absolute atomic E-state index is 0.0167. The maximum Gasteiger partial charge on any atom is 0.303 e. The fourth-order valence-corrected chi connectivity index (χ4v) is 1.99. The second kappa shape index (κ2) is 7.99. The number of carboxylic acids is 1. The smallest absolute Gasteiger partial charge is 0.303 e. The topological polar surface area (TPSA) is 148 Å². The highest BCUT2D eigenvalue weighted by Gasteiger charge is 2.21. The summed E-state index contributed by atoms with van der Waals surface area (Å²) in [5.74, 6) is -1.24. The number of hydrogen-bond acceptors (Lipinski definition) is 7. The zero-order valence-corrected chi connectivity index (χ0v) is 13.4. The molecule has 0 bridgehead atoms. The lowest BCUT2D eigenvalue weighted by atomic mass is 9.89. The van der Waals surface area contributed by atoms with Crippen LogP contribution in [0.1, 0.15) is 27.2 Å². The second-order valence-corrected chi connectivity index (χ2v) is 5.44. The van der Waals surface area contributed by atoms with E-state index >= 15 is 0 Å². The van der Waals surface area contributed by atoms with Crippen molar-refractivity contribution in [1.82, 2.24) is 0 Å². The monoisotopic (exact) mass is 338 g/mol. The predicted octanol–water partition coefficient (Wildman–Crippen LogP) is 3.04. The summed E-state index contributed by atoms with van der Waals surface area (Å²) in [6.45, 7) is 5.25. The second-order valence-electron chi connectivity index (χ2n) is 5.44. The average Bonchev–Trinajstić information content (AvgIpc) is 2.50. The van der Waals surface area contributed by atoms with Crippen LogP contribution in [-0.2, 0) is 4.79 Å². The number of non-ortho nitro benzene ring substituents is 1. The van der Waals surface area contributed by atoms with Crippen LogP contribution in [0.5, 0.6) is 0 Å². The van der Waals surface area contributed by atoms with Gasteiger partial charge in [0.15, 0.2) is 0 Å². The number of anilines is 1. The van der Waals surface area contributed by atoms with Crippen LogP contribution in [-0.4, -0.2) is 26.6 Å². The molecule has 0 amide bonds. The molecule has 2 atom stereocenters. The highest BCUT2D eigenvalue weighted by molar-refractivity contribution is 5.85. The van der Waals surface area contributed by atoms with Gasteiger partial charge < -0.3 is 5.11 Å². The molecule has 1 aromatic rings. The number of nitrogens with one attached hydrogen (secondary N) is 1. The van der Waals surface area contributed by atoms with Crippen molar-refractivity contribution >= 4 is 28.7 Å². The van der Waals surface area contributed by atoms with E-state index in [0.29, 0.717) is 5.71 Å². The third-order valence-electron chi connectivity index (χ3n) is 3.75. The van der Waals surface area contributed by atoms with Crippen LogP contribution in [0.4, 0.5) is 17.1 Å². The van der Waals surface area contributed by atoms with E-state index in [4.69, 9.17) is 5.11 Å². The van der Waals surface area contributed by atoms with Gasteiger partial charge in [-0.15, -0.1) is 0 Å². The summed E-state index contributed by atoms with van der Waals surface area (Å²) in [5, 5.41) is 34.6. The highest BCUT2D eigenvalue weighted by Crippen LogP contribution is 2.29. The molecule has 2 N–H and O–H groups in total. The lowest BCUT2D eigenvalue weighted by molar-refractivity contribution is -0.393.